The molecule has 0 saturated heterocycles. The Hall–Kier alpha value is -4.26. The Morgan fingerprint density at radius 3 is 2.55 bits per heavy atom. The Labute approximate surface area is 165 Å². The SMILES string of the molecule is O=C(N/N=C\c1ccc(-c2ccccc2[N+](=O)[O-])o1)c1ccc2ccccc2c1. The molecule has 0 aliphatic heterocycles. The first kappa shape index (κ1) is 18.1. The molecule has 0 aliphatic rings. The quantitative estimate of drug-likeness (QED) is 0.304. The average Bonchev–Trinajstić information content (AvgIpc) is 3.22. The number of furan rings is 1. The van der Waals surface area contributed by atoms with Crippen LogP contribution >= 0.6 is 0 Å². The fourth-order valence-corrected chi connectivity index (χ4v) is 2.96. The van der Waals surface area contributed by atoms with Crippen LogP contribution in [-0.4, -0.2) is 17.0 Å². The van der Waals surface area contributed by atoms with Gasteiger partial charge in [0.25, 0.3) is 11.6 Å². The van der Waals surface area contributed by atoms with E-state index in [1.165, 1.54) is 12.3 Å². The molecule has 0 aliphatic carbocycles. The molecule has 7 nitrogen and oxygen atoms in total. The molecule has 0 radical (unpaired) electrons. The van der Waals surface area contributed by atoms with Gasteiger partial charge in [-0.25, -0.2) is 5.43 Å². The van der Waals surface area contributed by atoms with Crippen LogP contribution in [0.1, 0.15) is 16.1 Å². The predicted molar refractivity (Wildman–Crippen MR) is 110 cm³/mol. The molecule has 4 rings (SSSR count). The zero-order chi connectivity index (χ0) is 20.2. The number of hydrogen-bond acceptors (Lipinski definition) is 5. The molecule has 3 aromatic carbocycles. The number of nitrogens with zero attached hydrogens (tertiary/aromatic N) is 2. The van der Waals surface area contributed by atoms with Crippen LogP contribution in [0.3, 0.4) is 0 Å². The molecule has 4 aromatic rings. The summed E-state index contributed by atoms with van der Waals surface area (Å²) in [4.78, 5) is 23.0. The zero-order valence-corrected chi connectivity index (χ0v) is 15.1. The van der Waals surface area contributed by atoms with E-state index in [-0.39, 0.29) is 11.6 Å². The molecule has 0 bridgehead atoms. The number of carbonyl (C=O) groups excluding carboxylic acids is 1. The number of nitrogens with one attached hydrogen (secondary N) is 1. The van der Waals surface area contributed by atoms with E-state index < -0.39 is 4.92 Å². The van der Waals surface area contributed by atoms with Crippen molar-refractivity contribution in [3.63, 3.8) is 0 Å². The number of carbonyl (C=O) groups is 1. The number of para-hydroxylation sites is 1. The van der Waals surface area contributed by atoms with Crippen molar-refractivity contribution in [2.24, 2.45) is 5.10 Å². The fourth-order valence-electron chi connectivity index (χ4n) is 2.96. The number of fused-ring (bicyclic) bond motifs is 1. The third-order valence-electron chi connectivity index (χ3n) is 4.36. The lowest BCUT2D eigenvalue weighted by Gasteiger charge is -2.02. The Morgan fingerprint density at radius 1 is 0.966 bits per heavy atom. The lowest BCUT2D eigenvalue weighted by atomic mass is 10.1. The summed E-state index contributed by atoms with van der Waals surface area (Å²) in [5.74, 6) is 0.356. The maximum absolute atomic E-state index is 12.3. The van der Waals surface area contributed by atoms with Crippen LogP contribution in [0, 0.1) is 10.1 Å². The van der Waals surface area contributed by atoms with Gasteiger partial charge in [-0.15, -0.1) is 0 Å². The van der Waals surface area contributed by atoms with Crippen LogP contribution in [0.15, 0.2) is 88.4 Å². The topological polar surface area (TPSA) is 97.7 Å². The largest absolute Gasteiger partial charge is 0.455 e. The van der Waals surface area contributed by atoms with Crippen LogP contribution in [0.25, 0.3) is 22.1 Å². The highest BCUT2D eigenvalue weighted by molar-refractivity contribution is 5.98. The molecule has 1 amide bonds. The summed E-state index contributed by atoms with van der Waals surface area (Å²) in [5, 5.41) is 17.1. The van der Waals surface area contributed by atoms with E-state index in [1.54, 1.807) is 42.5 Å². The highest BCUT2D eigenvalue weighted by Gasteiger charge is 2.16. The molecule has 0 atom stereocenters. The summed E-state index contributed by atoms with van der Waals surface area (Å²) in [6, 6.07) is 22.7. The molecule has 1 heterocycles. The van der Waals surface area contributed by atoms with Crippen molar-refractivity contribution < 1.29 is 14.1 Å². The molecular formula is C22H15N3O4. The van der Waals surface area contributed by atoms with E-state index in [1.807, 2.05) is 30.3 Å². The van der Waals surface area contributed by atoms with Gasteiger partial charge >= 0.3 is 0 Å². The molecule has 29 heavy (non-hydrogen) atoms. The molecule has 7 heteroatoms. The van der Waals surface area contributed by atoms with Crippen LogP contribution in [0.2, 0.25) is 0 Å². The van der Waals surface area contributed by atoms with E-state index in [2.05, 4.69) is 10.5 Å². The van der Waals surface area contributed by atoms with Crippen LogP contribution in [-0.2, 0) is 0 Å². The first-order valence-electron chi connectivity index (χ1n) is 8.78. The van der Waals surface area contributed by atoms with Gasteiger partial charge in [-0.2, -0.15) is 5.10 Å². The number of amides is 1. The Bertz CT molecular complexity index is 1240. The van der Waals surface area contributed by atoms with Gasteiger partial charge in [-0.1, -0.05) is 42.5 Å². The minimum Gasteiger partial charge on any atom is -0.455 e. The van der Waals surface area contributed by atoms with Crippen molar-refractivity contribution in [3.05, 3.63) is 100 Å². The van der Waals surface area contributed by atoms with Crippen molar-refractivity contribution in [1.29, 1.82) is 0 Å². The lowest BCUT2D eigenvalue weighted by Crippen LogP contribution is -2.17. The van der Waals surface area contributed by atoms with Gasteiger partial charge in [0.1, 0.15) is 11.5 Å². The zero-order valence-electron chi connectivity index (χ0n) is 15.1. The van der Waals surface area contributed by atoms with E-state index in [0.29, 0.717) is 22.6 Å². The summed E-state index contributed by atoms with van der Waals surface area (Å²) in [7, 11) is 0. The first-order chi connectivity index (χ1) is 14.1. The molecule has 0 saturated carbocycles. The second-order valence-electron chi connectivity index (χ2n) is 6.24. The first-order valence-corrected chi connectivity index (χ1v) is 8.78. The molecule has 1 N–H and O–H groups in total. The summed E-state index contributed by atoms with van der Waals surface area (Å²) < 4.78 is 5.60. The van der Waals surface area contributed by atoms with Gasteiger partial charge < -0.3 is 4.42 Å². The molecule has 142 valence electrons. The second-order valence-corrected chi connectivity index (χ2v) is 6.24. The number of rotatable bonds is 5. The monoisotopic (exact) mass is 385 g/mol. The van der Waals surface area contributed by atoms with E-state index >= 15 is 0 Å². The molecule has 1 aromatic heterocycles. The second kappa shape index (κ2) is 7.77. The van der Waals surface area contributed by atoms with Crippen molar-refractivity contribution in [2.75, 3.05) is 0 Å². The Kier molecular flexibility index (Phi) is 4.86. The normalized spacial score (nSPS) is 11.0. The maximum atomic E-state index is 12.3. The summed E-state index contributed by atoms with van der Waals surface area (Å²) in [6.45, 7) is 0. The van der Waals surface area contributed by atoms with E-state index in [4.69, 9.17) is 4.42 Å². The number of nitro benzene ring substituents is 1. The lowest BCUT2D eigenvalue weighted by molar-refractivity contribution is -0.384. The number of hydrazone groups is 1. The van der Waals surface area contributed by atoms with Gasteiger partial charge in [0.15, 0.2) is 0 Å². The third-order valence-corrected chi connectivity index (χ3v) is 4.36. The smallest absolute Gasteiger partial charge is 0.280 e. The maximum Gasteiger partial charge on any atom is 0.280 e. The number of nitro groups is 1. The van der Waals surface area contributed by atoms with Crippen LogP contribution < -0.4 is 5.43 Å². The molecular weight excluding hydrogens is 370 g/mol. The third kappa shape index (κ3) is 3.89. The van der Waals surface area contributed by atoms with Crippen LogP contribution in [0.4, 0.5) is 5.69 Å². The van der Waals surface area contributed by atoms with Gasteiger partial charge in [0.05, 0.1) is 16.7 Å². The van der Waals surface area contributed by atoms with Gasteiger partial charge in [-0.3, -0.25) is 14.9 Å². The van der Waals surface area contributed by atoms with Crippen molar-refractivity contribution >= 4 is 28.6 Å². The Morgan fingerprint density at radius 2 is 1.72 bits per heavy atom. The molecule has 0 spiro atoms. The highest BCUT2D eigenvalue weighted by Crippen LogP contribution is 2.30. The summed E-state index contributed by atoms with van der Waals surface area (Å²) in [6.07, 6.45) is 1.34. The van der Waals surface area contributed by atoms with Crippen molar-refractivity contribution in [3.8, 4) is 11.3 Å². The van der Waals surface area contributed by atoms with Gasteiger partial charge in [0.2, 0.25) is 0 Å². The fraction of sp³-hybridized carbons (Fsp3) is 0. The standard InChI is InChI=1S/C22H15N3O4/c26-22(17-10-9-15-5-1-2-6-16(15)13-17)24-23-14-18-11-12-21(29-18)19-7-3-4-8-20(19)25(27)28/h1-14H,(H,24,26)/b23-14-. The van der Waals surface area contributed by atoms with Crippen LogP contribution in [0.5, 0.6) is 0 Å². The minimum atomic E-state index is -0.463. The van der Waals surface area contributed by atoms with Gasteiger partial charge in [0, 0.05) is 11.6 Å². The van der Waals surface area contributed by atoms with E-state index in [9.17, 15) is 14.9 Å². The highest BCUT2D eigenvalue weighted by atomic mass is 16.6. The Balaban J connectivity index is 1.47. The van der Waals surface area contributed by atoms with Crippen molar-refractivity contribution in [2.45, 2.75) is 0 Å². The number of hydrogen-bond donors (Lipinski definition) is 1. The number of benzene rings is 3. The summed E-state index contributed by atoms with van der Waals surface area (Å²) in [5.41, 5.74) is 3.27. The van der Waals surface area contributed by atoms with E-state index in [0.717, 1.165) is 10.8 Å². The predicted octanol–water partition coefficient (Wildman–Crippen LogP) is 4.77. The molecule has 0 fully saturated rings. The average molecular weight is 385 g/mol. The van der Waals surface area contributed by atoms with Crippen molar-refractivity contribution in [1.82, 2.24) is 5.43 Å². The minimum absolute atomic E-state index is 0.0463. The summed E-state index contributed by atoms with van der Waals surface area (Å²) >= 11 is 0. The van der Waals surface area contributed by atoms with Gasteiger partial charge in [-0.05, 0) is 41.1 Å². The molecule has 0 unspecified atom stereocenters.